The summed E-state index contributed by atoms with van der Waals surface area (Å²) in [6.07, 6.45) is 0. The van der Waals surface area contributed by atoms with Gasteiger partial charge in [0.15, 0.2) is 5.75 Å². The highest BCUT2D eigenvalue weighted by molar-refractivity contribution is 6.31. The van der Waals surface area contributed by atoms with Crippen molar-refractivity contribution in [3.8, 4) is 17.2 Å². The number of anilines is 1. The third-order valence-electron chi connectivity index (χ3n) is 3.63. The standard InChI is InChI=1S/C20H14Cl2FNO3/c1-26-14-3-2-4-15(11-14)27-19-8-6-13(22)10-18(19)24-20(25)16-7-5-12(21)9-17(16)23/h2-11H,1H3,(H,24,25). The highest BCUT2D eigenvalue weighted by Crippen LogP contribution is 2.33. The molecule has 1 N–H and O–H groups in total. The van der Waals surface area contributed by atoms with Gasteiger partial charge in [0.25, 0.3) is 5.91 Å². The van der Waals surface area contributed by atoms with E-state index in [9.17, 15) is 9.18 Å². The molecule has 0 aromatic heterocycles. The van der Waals surface area contributed by atoms with Crippen molar-refractivity contribution < 1.29 is 18.7 Å². The molecular formula is C20H14Cl2FNO3. The van der Waals surface area contributed by atoms with Crippen LogP contribution in [0.15, 0.2) is 60.7 Å². The average Bonchev–Trinajstić information content (AvgIpc) is 2.64. The Morgan fingerprint density at radius 2 is 1.67 bits per heavy atom. The zero-order valence-corrected chi connectivity index (χ0v) is 15.6. The van der Waals surface area contributed by atoms with Gasteiger partial charge in [0.1, 0.15) is 17.3 Å². The van der Waals surface area contributed by atoms with Crippen LogP contribution in [0.5, 0.6) is 17.2 Å². The van der Waals surface area contributed by atoms with Gasteiger partial charge in [-0.25, -0.2) is 4.39 Å². The molecule has 0 bridgehead atoms. The summed E-state index contributed by atoms with van der Waals surface area (Å²) in [7, 11) is 1.55. The number of nitrogens with one attached hydrogen (secondary N) is 1. The fraction of sp³-hybridized carbons (Fsp3) is 0.0500. The summed E-state index contributed by atoms with van der Waals surface area (Å²) in [6.45, 7) is 0. The predicted molar refractivity (Wildman–Crippen MR) is 104 cm³/mol. The summed E-state index contributed by atoms with van der Waals surface area (Å²) in [5.41, 5.74) is 0.149. The van der Waals surface area contributed by atoms with E-state index in [0.29, 0.717) is 28.0 Å². The van der Waals surface area contributed by atoms with Gasteiger partial charge in [0.2, 0.25) is 0 Å². The van der Waals surface area contributed by atoms with Gasteiger partial charge in [0.05, 0.1) is 18.4 Å². The van der Waals surface area contributed by atoms with E-state index in [1.165, 1.54) is 18.2 Å². The molecule has 138 valence electrons. The molecule has 0 unspecified atom stereocenters. The van der Waals surface area contributed by atoms with Gasteiger partial charge in [-0.05, 0) is 48.5 Å². The van der Waals surface area contributed by atoms with E-state index in [2.05, 4.69) is 5.32 Å². The molecule has 0 aliphatic rings. The van der Waals surface area contributed by atoms with Gasteiger partial charge >= 0.3 is 0 Å². The van der Waals surface area contributed by atoms with Gasteiger partial charge < -0.3 is 14.8 Å². The van der Waals surface area contributed by atoms with Crippen molar-refractivity contribution in [1.29, 1.82) is 0 Å². The topological polar surface area (TPSA) is 47.6 Å². The fourth-order valence-electron chi connectivity index (χ4n) is 2.34. The van der Waals surface area contributed by atoms with Crippen molar-refractivity contribution in [1.82, 2.24) is 0 Å². The molecule has 0 aliphatic heterocycles. The number of carbonyl (C=O) groups excluding carboxylic acids is 1. The Morgan fingerprint density at radius 3 is 2.41 bits per heavy atom. The van der Waals surface area contributed by atoms with Gasteiger partial charge in [-0.2, -0.15) is 0 Å². The van der Waals surface area contributed by atoms with Crippen LogP contribution in [-0.4, -0.2) is 13.0 Å². The minimum atomic E-state index is -0.725. The van der Waals surface area contributed by atoms with Crippen LogP contribution in [-0.2, 0) is 0 Å². The van der Waals surface area contributed by atoms with Gasteiger partial charge in [0, 0.05) is 16.1 Å². The lowest BCUT2D eigenvalue weighted by atomic mass is 10.2. The summed E-state index contributed by atoms with van der Waals surface area (Å²) >= 11 is 11.8. The van der Waals surface area contributed by atoms with Crippen LogP contribution in [0.25, 0.3) is 0 Å². The van der Waals surface area contributed by atoms with E-state index in [0.717, 1.165) is 6.07 Å². The summed E-state index contributed by atoms with van der Waals surface area (Å²) in [5.74, 6) is 0.0923. The summed E-state index contributed by atoms with van der Waals surface area (Å²) in [4.78, 5) is 12.4. The molecule has 0 spiro atoms. The van der Waals surface area contributed by atoms with Crippen molar-refractivity contribution >= 4 is 34.8 Å². The number of rotatable bonds is 5. The Labute approximate surface area is 165 Å². The minimum Gasteiger partial charge on any atom is -0.497 e. The summed E-state index contributed by atoms with van der Waals surface area (Å²) in [6, 6.07) is 15.5. The number of amides is 1. The van der Waals surface area contributed by atoms with Crippen LogP contribution < -0.4 is 14.8 Å². The Morgan fingerprint density at radius 1 is 0.963 bits per heavy atom. The molecule has 7 heteroatoms. The Hall–Kier alpha value is -2.76. The van der Waals surface area contributed by atoms with Gasteiger partial charge in [-0.1, -0.05) is 29.3 Å². The molecule has 27 heavy (non-hydrogen) atoms. The fourth-order valence-corrected chi connectivity index (χ4v) is 2.67. The second-order valence-corrected chi connectivity index (χ2v) is 6.37. The molecule has 3 aromatic rings. The molecule has 0 radical (unpaired) electrons. The zero-order chi connectivity index (χ0) is 19.4. The molecule has 0 aliphatic carbocycles. The van der Waals surface area contributed by atoms with Crippen LogP contribution in [0.2, 0.25) is 10.0 Å². The van der Waals surface area contributed by atoms with E-state index >= 15 is 0 Å². The van der Waals surface area contributed by atoms with Crippen LogP contribution in [0, 0.1) is 5.82 Å². The average molecular weight is 406 g/mol. The molecule has 4 nitrogen and oxygen atoms in total. The van der Waals surface area contributed by atoms with E-state index in [1.807, 2.05) is 0 Å². The number of benzene rings is 3. The first kappa shape index (κ1) is 19.0. The van der Waals surface area contributed by atoms with E-state index in [1.54, 1.807) is 43.5 Å². The first-order chi connectivity index (χ1) is 13.0. The monoisotopic (exact) mass is 405 g/mol. The Kier molecular flexibility index (Phi) is 5.84. The minimum absolute atomic E-state index is 0.147. The normalized spacial score (nSPS) is 10.4. The molecule has 3 rings (SSSR count). The molecule has 0 saturated carbocycles. The number of hydrogen-bond acceptors (Lipinski definition) is 3. The van der Waals surface area contributed by atoms with E-state index in [4.69, 9.17) is 32.7 Å². The quantitative estimate of drug-likeness (QED) is 0.550. The molecule has 0 saturated heterocycles. The highest BCUT2D eigenvalue weighted by atomic mass is 35.5. The largest absolute Gasteiger partial charge is 0.497 e. The van der Waals surface area contributed by atoms with Crippen LogP contribution in [0.3, 0.4) is 0 Å². The zero-order valence-electron chi connectivity index (χ0n) is 14.1. The number of halogens is 3. The first-order valence-corrected chi connectivity index (χ1v) is 8.60. The van der Waals surface area contributed by atoms with Crippen LogP contribution >= 0.6 is 23.2 Å². The molecule has 1 amide bonds. The summed E-state index contributed by atoms with van der Waals surface area (Å²) < 4.78 is 25.0. The number of carbonyl (C=O) groups is 1. The molecule has 3 aromatic carbocycles. The van der Waals surface area contributed by atoms with Crippen LogP contribution in [0.4, 0.5) is 10.1 Å². The van der Waals surface area contributed by atoms with Crippen molar-refractivity contribution in [3.05, 3.63) is 82.1 Å². The third kappa shape index (κ3) is 4.70. The maximum atomic E-state index is 14.0. The smallest absolute Gasteiger partial charge is 0.258 e. The van der Waals surface area contributed by atoms with Crippen molar-refractivity contribution in [2.45, 2.75) is 0 Å². The first-order valence-electron chi connectivity index (χ1n) is 7.84. The van der Waals surface area contributed by atoms with Crippen molar-refractivity contribution in [2.24, 2.45) is 0 Å². The van der Waals surface area contributed by atoms with Crippen molar-refractivity contribution in [3.63, 3.8) is 0 Å². The molecular weight excluding hydrogens is 392 g/mol. The highest BCUT2D eigenvalue weighted by Gasteiger charge is 2.15. The lowest BCUT2D eigenvalue weighted by Gasteiger charge is -2.14. The number of methoxy groups -OCH3 is 1. The van der Waals surface area contributed by atoms with Gasteiger partial charge in [-0.3, -0.25) is 4.79 Å². The Balaban J connectivity index is 1.88. The van der Waals surface area contributed by atoms with Gasteiger partial charge in [-0.15, -0.1) is 0 Å². The maximum absolute atomic E-state index is 14.0. The maximum Gasteiger partial charge on any atom is 0.258 e. The lowest BCUT2D eigenvalue weighted by molar-refractivity contribution is 0.102. The molecule has 0 fully saturated rings. The van der Waals surface area contributed by atoms with Crippen molar-refractivity contribution in [2.75, 3.05) is 12.4 Å². The SMILES string of the molecule is COc1cccc(Oc2ccc(Cl)cc2NC(=O)c2ccc(Cl)cc2F)c1. The lowest BCUT2D eigenvalue weighted by Crippen LogP contribution is -2.14. The second-order valence-electron chi connectivity index (χ2n) is 5.50. The number of ether oxygens (including phenoxy) is 2. The molecule has 0 heterocycles. The van der Waals surface area contributed by atoms with E-state index < -0.39 is 11.7 Å². The van der Waals surface area contributed by atoms with Crippen LogP contribution in [0.1, 0.15) is 10.4 Å². The van der Waals surface area contributed by atoms with E-state index in [-0.39, 0.29) is 10.6 Å². The third-order valence-corrected chi connectivity index (χ3v) is 4.10. The predicted octanol–water partition coefficient (Wildman–Crippen LogP) is 6.19. The Bertz CT molecular complexity index is 995. The number of hydrogen-bond donors (Lipinski definition) is 1. The second kappa shape index (κ2) is 8.29. The summed E-state index contributed by atoms with van der Waals surface area (Å²) in [5, 5.41) is 3.21. The molecule has 0 atom stereocenters.